The third-order valence-electron chi connectivity index (χ3n) is 5.47. The molecule has 0 radical (unpaired) electrons. The van der Waals surface area contributed by atoms with Crippen LogP contribution in [0.3, 0.4) is 0 Å². The van der Waals surface area contributed by atoms with Crippen LogP contribution in [0.2, 0.25) is 5.02 Å². The van der Waals surface area contributed by atoms with E-state index in [4.69, 9.17) is 30.9 Å². The van der Waals surface area contributed by atoms with Gasteiger partial charge in [0.2, 0.25) is 11.1 Å². The molecule has 1 aliphatic rings. The summed E-state index contributed by atoms with van der Waals surface area (Å²) in [7, 11) is 3.12. The number of allylic oxidation sites excluding steroid dienone is 1. The first-order valence-corrected chi connectivity index (χ1v) is 13.0. The summed E-state index contributed by atoms with van der Waals surface area (Å²) in [5.41, 5.74) is 2.73. The minimum atomic E-state index is -0.628. The molecule has 188 valence electrons. The molecule has 11 heteroatoms. The van der Waals surface area contributed by atoms with E-state index < -0.39 is 12.0 Å². The molecule has 0 saturated carbocycles. The number of benzene rings is 2. The zero-order valence-corrected chi connectivity index (χ0v) is 23.0. The lowest BCUT2D eigenvalue weighted by molar-refractivity contribution is -0.138. The molecule has 1 N–H and O–H groups in total. The summed E-state index contributed by atoms with van der Waals surface area (Å²) < 4.78 is 18.8. The fraction of sp³-hybridized carbons (Fsp3) is 0.240. The Balaban J connectivity index is 1.77. The molecule has 1 aliphatic heterocycles. The van der Waals surface area contributed by atoms with Crippen molar-refractivity contribution in [1.82, 2.24) is 14.8 Å². The number of rotatable bonds is 9. The SMILES string of the molecule is C=CCOC(=O)C1=C(C)Nc2nc(SCc3ccccc3Cl)nn2C1c1cc(Br)c(OC)c(OC)c1. The van der Waals surface area contributed by atoms with Crippen LogP contribution in [-0.2, 0) is 15.3 Å². The molecular formula is C25H24BrClN4O4S. The number of carbonyl (C=O) groups excluding carboxylic acids is 1. The number of halogens is 2. The predicted octanol–water partition coefficient (Wildman–Crippen LogP) is 6.02. The highest BCUT2D eigenvalue weighted by Gasteiger charge is 2.36. The van der Waals surface area contributed by atoms with Gasteiger partial charge < -0.3 is 19.5 Å². The standard InChI is InChI=1S/C25H24BrClN4O4S/c1-5-10-35-23(32)20-14(2)28-24-29-25(36-13-15-8-6-7-9-18(15)27)30-31(24)21(20)16-11-17(26)22(34-4)19(12-16)33-3/h5-9,11-12,21H,1,10,13H2,2-4H3,(H,28,29,30). The third-order valence-corrected chi connectivity index (χ3v) is 7.32. The van der Waals surface area contributed by atoms with Gasteiger partial charge in [-0.25, -0.2) is 9.48 Å². The monoisotopic (exact) mass is 590 g/mol. The Kier molecular flexibility index (Phi) is 8.28. The van der Waals surface area contributed by atoms with Gasteiger partial charge in [0.1, 0.15) is 12.6 Å². The number of nitrogens with one attached hydrogen (secondary N) is 1. The Morgan fingerprint density at radius 1 is 1.31 bits per heavy atom. The molecule has 2 aromatic carbocycles. The van der Waals surface area contributed by atoms with E-state index in [9.17, 15) is 4.79 Å². The van der Waals surface area contributed by atoms with Crippen molar-refractivity contribution in [2.75, 3.05) is 26.1 Å². The van der Waals surface area contributed by atoms with Gasteiger partial charge in [-0.15, -0.1) is 5.10 Å². The molecule has 0 amide bonds. The van der Waals surface area contributed by atoms with Crippen molar-refractivity contribution in [3.8, 4) is 11.5 Å². The molecular weight excluding hydrogens is 568 g/mol. The zero-order valence-electron chi connectivity index (χ0n) is 19.9. The Bertz CT molecular complexity index is 1340. The first kappa shape index (κ1) is 26.1. The number of hydrogen-bond donors (Lipinski definition) is 1. The van der Waals surface area contributed by atoms with Gasteiger partial charge in [-0.3, -0.25) is 0 Å². The molecule has 36 heavy (non-hydrogen) atoms. The first-order valence-electron chi connectivity index (χ1n) is 10.9. The van der Waals surface area contributed by atoms with Crippen molar-refractivity contribution in [1.29, 1.82) is 0 Å². The molecule has 1 atom stereocenters. The maximum absolute atomic E-state index is 13.2. The van der Waals surface area contributed by atoms with Gasteiger partial charge in [0, 0.05) is 16.5 Å². The Morgan fingerprint density at radius 2 is 2.08 bits per heavy atom. The molecule has 2 heterocycles. The minimum absolute atomic E-state index is 0.0844. The van der Waals surface area contributed by atoms with E-state index in [1.54, 1.807) is 18.9 Å². The number of fused-ring (bicyclic) bond motifs is 1. The highest BCUT2D eigenvalue weighted by Crippen LogP contribution is 2.43. The topological polar surface area (TPSA) is 87.5 Å². The molecule has 1 unspecified atom stereocenters. The summed E-state index contributed by atoms with van der Waals surface area (Å²) in [4.78, 5) is 17.8. The molecule has 0 aliphatic carbocycles. The van der Waals surface area contributed by atoms with E-state index >= 15 is 0 Å². The minimum Gasteiger partial charge on any atom is -0.493 e. The van der Waals surface area contributed by atoms with Crippen LogP contribution in [-0.4, -0.2) is 41.6 Å². The lowest BCUT2D eigenvalue weighted by Gasteiger charge is -2.28. The number of ether oxygens (including phenoxy) is 3. The average molecular weight is 592 g/mol. The number of esters is 1. The van der Waals surface area contributed by atoms with Gasteiger partial charge >= 0.3 is 5.97 Å². The molecule has 0 bridgehead atoms. The number of aromatic nitrogens is 3. The molecule has 8 nitrogen and oxygen atoms in total. The Labute approximate surface area is 226 Å². The maximum atomic E-state index is 13.2. The van der Waals surface area contributed by atoms with Crippen LogP contribution >= 0.6 is 39.3 Å². The van der Waals surface area contributed by atoms with E-state index in [0.717, 1.165) is 11.1 Å². The summed E-state index contributed by atoms with van der Waals surface area (Å²) in [5.74, 6) is 1.66. The quantitative estimate of drug-likeness (QED) is 0.184. The second kappa shape index (κ2) is 11.4. The van der Waals surface area contributed by atoms with Gasteiger partial charge in [-0.1, -0.05) is 54.2 Å². The largest absolute Gasteiger partial charge is 0.493 e. The van der Waals surface area contributed by atoms with Crippen LogP contribution < -0.4 is 14.8 Å². The smallest absolute Gasteiger partial charge is 0.338 e. The van der Waals surface area contributed by atoms with Crippen molar-refractivity contribution in [2.24, 2.45) is 0 Å². The number of thioether (sulfide) groups is 1. The zero-order chi connectivity index (χ0) is 25.8. The van der Waals surface area contributed by atoms with E-state index in [1.807, 2.05) is 43.3 Å². The van der Waals surface area contributed by atoms with E-state index in [-0.39, 0.29) is 6.61 Å². The second-order valence-electron chi connectivity index (χ2n) is 7.73. The fourth-order valence-corrected chi connectivity index (χ4v) is 5.57. The third kappa shape index (κ3) is 5.25. The summed E-state index contributed by atoms with van der Waals surface area (Å²) in [6.07, 6.45) is 1.52. The van der Waals surface area contributed by atoms with E-state index in [2.05, 4.69) is 32.8 Å². The summed E-state index contributed by atoms with van der Waals surface area (Å²) >= 11 is 11.3. The molecule has 0 spiro atoms. The van der Waals surface area contributed by atoms with Gasteiger partial charge in [0.25, 0.3) is 0 Å². The average Bonchev–Trinajstić information content (AvgIpc) is 3.27. The van der Waals surface area contributed by atoms with Crippen molar-refractivity contribution >= 4 is 51.2 Å². The van der Waals surface area contributed by atoms with Gasteiger partial charge in [0.15, 0.2) is 11.5 Å². The maximum Gasteiger partial charge on any atom is 0.338 e. The normalized spacial score (nSPS) is 14.6. The number of methoxy groups -OCH3 is 2. The number of hydrogen-bond acceptors (Lipinski definition) is 8. The highest BCUT2D eigenvalue weighted by atomic mass is 79.9. The fourth-order valence-electron chi connectivity index (χ4n) is 3.83. The molecule has 3 aromatic rings. The van der Waals surface area contributed by atoms with E-state index in [0.29, 0.717) is 49.1 Å². The van der Waals surface area contributed by atoms with E-state index in [1.165, 1.54) is 17.8 Å². The van der Waals surface area contributed by atoms with Crippen LogP contribution in [0.25, 0.3) is 0 Å². The van der Waals surface area contributed by atoms with Crippen LogP contribution in [0.15, 0.2) is 70.0 Å². The van der Waals surface area contributed by atoms with Crippen LogP contribution in [0.1, 0.15) is 24.1 Å². The molecule has 1 aromatic heterocycles. The summed E-state index contributed by atoms with van der Waals surface area (Å²) in [6, 6.07) is 10.7. The first-order chi connectivity index (χ1) is 17.4. The van der Waals surface area contributed by atoms with Crippen LogP contribution in [0.4, 0.5) is 5.95 Å². The second-order valence-corrected chi connectivity index (χ2v) is 9.94. The van der Waals surface area contributed by atoms with Crippen LogP contribution in [0.5, 0.6) is 11.5 Å². The Morgan fingerprint density at radius 3 is 2.78 bits per heavy atom. The van der Waals surface area contributed by atoms with Crippen LogP contribution in [0, 0.1) is 0 Å². The number of nitrogens with zero attached hydrogens (tertiary/aromatic N) is 3. The highest BCUT2D eigenvalue weighted by molar-refractivity contribution is 9.10. The molecule has 0 fully saturated rings. The molecule has 4 rings (SSSR count). The lowest BCUT2D eigenvalue weighted by Crippen LogP contribution is -2.29. The van der Waals surface area contributed by atoms with Crippen molar-refractivity contribution < 1.29 is 19.0 Å². The predicted molar refractivity (Wildman–Crippen MR) is 144 cm³/mol. The van der Waals surface area contributed by atoms with Gasteiger partial charge in [0.05, 0.1) is 24.3 Å². The van der Waals surface area contributed by atoms with Crippen molar-refractivity contribution in [2.45, 2.75) is 23.9 Å². The van der Waals surface area contributed by atoms with Gasteiger partial charge in [-0.05, 0) is 52.2 Å². The lowest BCUT2D eigenvalue weighted by atomic mass is 9.95. The number of carbonyl (C=O) groups is 1. The summed E-state index contributed by atoms with van der Waals surface area (Å²) in [5, 5.41) is 9.16. The van der Waals surface area contributed by atoms with Crippen molar-refractivity contribution in [3.05, 3.63) is 80.9 Å². The number of anilines is 1. The Hall–Kier alpha value is -2.95. The molecule has 0 saturated heterocycles. The van der Waals surface area contributed by atoms with Crippen molar-refractivity contribution in [3.63, 3.8) is 0 Å². The summed E-state index contributed by atoms with van der Waals surface area (Å²) in [6.45, 7) is 5.53. The van der Waals surface area contributed by atoms with Gasteiger partial charge in [-0.2, -0.15) is 4.98 Å².